The molecule has 138 valence electrons. The van der Waals surface area contributed by atoms with Crippen molar-refractivity contribution in [1.82, 2.24) is 0 Å². The number of nitrogens with one attached hydrogen (secondary N) is 2. The van der Waals surface area contributed by atoms with E-state index in [9.17, 15) is 4.79 Å². The van der Waals surface area contributed by atoms with E-state index in [4.69, 9.17) is 9.47 Å². The molecule has 3 rings (SSSR count). The predicted molar refractivity (Wildman–Crippen MR) is 108 cm³/mol. The van der Waals surface area contributed by atoms with Crippen LogP contribution < -0.4 is 20.1 Å². The van der Waals surface area contributed by atoms with E-state index in [0.717, 1.165) is 28.3 Å². The minimum atomic E-state index is -0.304. The van der Waals surface area contributed by atoms with Gasteiger partial charge in [0.2, 0.25) is 0 Å². The normalized spacial score (nSPS) is 10.1. The van der Waals surface area contributed by atoms with E-state index in [-0.39, 0.29) is 6.03 Å². The highest BCUT2D eigenvalue weighted by molar-refractivity contribution is 6.00. The minimum absolute atomic E-state index is 0.304. The number of urea groups is 1. The summed E-state index contributed by atoms with van der Waals surface area (Å²) in [5.74, 6) is 1.50. The SMILES string of the molecule is COc1ccc(NC(=O)Nc2ccc(OCc3ccccc3)cc2)c(C)c1. The summed E-state index contributed by atoms with van der Waals surface area (Å²) in [6.07, 6.45) is 0. The van der Waals surface area contributed by atoms with Crippen molar-refractivity contribution in [3.63, 3.8) is 0 Å². The van der Waals surface area contributed by atoms with Gasteiger partial charge in [-0.15, -0.1) is 0 Å². The second-order valence-corrected chi connectivity index (χ2v) is 6.06. The van der Waals surface area contributed by atoms with Gasteiger partial charge in [0.1, 0.15) is 18.1 Å². The third kappa shape index (κ3) is 5.25. The number of hydrogen-bond acceptors (Lipinski definition) is 3. The summed E-state index contributed by atoms with van der Waals surface area (Å²) in [6, 6.07) is 22.4. The molecule has 2 amide bonds. The van der Waals surface area contributed by atoms with Crippen LogP contribution in [0, 0.1) is 6.92 Å². The van der Waals surface area contributed by atoms with Crippen molar-refractivity contribution < 1.29 is 14.3 Å². The van der Waals surface area contributed by atoms with Gasteiger partial charge in [0.25, 0.3) is 0 Å². The fraction of sp³-hybridized carbons (Fsp3) is 0.136. The molecular formula is C22H22N2O3. The van der Waals surface area contributed by atoms with Gasteiger partial charge in [-0.1, -0.05) is 30.3 Å². The third-order valence-electron chi connectivity index (χ3n) is 4.04. The molecule has 3 aromatic rings. The number of ether oxygens (including phenoxy) is 2. The summed E-state index contributed by atoms with van der Waals surface area (Å²) >= 11 is 0. The molecule has 0 aliphatic rings. The molecule has 0 aromatic heterocycles. The molecule has 0 atom stereocenters. The Morgan fingerprint density at radius 2 is 1.59 bits per heavy atom. The van der Waals surface area contributed by atoms with E-state index in [0.29, 0.717) is 12.3 Å². The topological polar surface area (TPSA) is 59.6 Å². The first-order chi connectivity index (χ1) is 13.1. The number of amides is 2. The average Bonchev–Trinajstić information content (AvgIpc) is 2.70. The monoisotopic (exact) mass is 362 g/mol. The van der Waals surface area contributed by atoms with Crippen LogP contribution in [0.25, 0.3) is 0 Å². The van der Waals surface area contributed by atoms with Crippen molar-refractivity contribution >= 4 is 17.4 Å². The van der Waals surface area contributed by atoms with E-state index in [1.165, 1.54) is 0 Å². The fourth-order valence-corrected chi connectivity index (χ4v) is 2.56. The van der Waals surface area contributed by atoms with Crippen molar-refractivity contribution in [2.24, 2.45) is 0 Å². The highest BCUT2D eigenvalue weighted by Crippen LogP contribution is 2.22. The van der Waals surface area contributed by atoms with E-state index in [1.807, 2.05) is 67.6 Å². The largest absolute Gasteiger partial charge is 0.497 e. The second kappa shape index (κ2) is 8.76. The molecule has 0 aliphatic carbocycles. The number of anilines is 2. The number of carbonyl (C=O) groups excluding carboxylic acids is 1. The Morgan fingerprint density at radius 3 is 2.26 bits per heavy atom. The van der Waals surface area contributed by atoms with Crippen LogP contribution in [-0.2, 0) is 6.61 Å². The number of hydrogen-bond donors (Lipinski definition) is 2. The summed E-state index contributed by atoms with van der Waals surface area (Å²) in [5, 5.41) is 5.64. The van der Waals surface area contributed by atoms with E-state index < -0.39 is 0 Å². The molecule has 0 fully saturated rings. The van der Waals surface area contributed by atoms with Gasteiger partial charge in [-0.25, -0.2) is 4.79 Å². The quantitative estimate of drug-likeness (QED) is 0.631. The molecular weight excluding hydrogens is 340 g/mol. The Hall–Kier alpha value is -3.47. The number of rotatable bonds is 6. The molecule has 0 unspecified atom stereocenters. The predicted octanol–water partition coefficient (Wildman–Crippen LogP) is 5.23. The van der Waals surface area contributed by atoms with Gasteiger partial charge in [0.05, 0.1) is 7.11 Å². The Labute approximate surface area is 158 Å². The first-order valence-electron chi connectivity index (χ1n) is 8.63. The molecule has 0 radical (unpaired) electrons. The van der Waals surface area contributed by atoms with Gasteiger partial charge in [-0.3, -0.25) is 0 Å². The summed E-state index contributed by atoms with van der Waals surface area (Å²) in [5.41, 5.74) is 3.45. The Kier molecular flexibility index (Phi) is 5.94. The summed E-state index contributed by atoms with van der Waals surface area (Å²) < 4.78 is 10.9. The van der Waals surface area contributed by atoms with Gasteiger partial charge in [0, 0.05) is 11.4 Å². The van der Waals surface area contributed by atoms with Gasteiger partial charge < -0.3 is 20.1 Å². The standard InChI is InChI=1S/C22H22N2O3/c1-16-14-20(26-2)12-13-21(16)24-22(25)23-18-8-10-19(11-9-18)27-15-17-6-4-3-5-7-17/h3-14H,15H2,1-2H3,(H2,23,24,25). The number of aryl methyl sites for hydroxylation is 1. The summed E-state index contributed by atoms with van der Waals surface area (Å²) in [6.45, 7) is 2.42. The number of benzene rings is 3. The maximum Gasteiger partial charge on any atom is 0.323 e. The van der Waals surface area contributed by atoms with Crippen molar-refractivity contribution in [3.05, 3.63) is 83.9 Å². The van der Waals surface area contributed by atoms with Crippen molar-refractivity contribution in [3.8, 4) is 11.5 Å². The molecule has 5 heteroatoms. The molecule has 0 saturated heterocycles. The van der Waals surface area contributed by atoms with Crippen LogP contribution in [0.2, 0.25) is 0 Å². The number of carbonyl (C=O) groups is 1. The molecule has 0 saturated carbocycles. The Balaban J connectivity index is 1.54. The Morgan fingerprint density at radius 1 is 0.889 bits per heavy atom. The lowest BCUT2D eigenvalue weighted by Gasteiger charge is -2.12. The zero-order valence-electron chi connectivity index (χ0n) is 15.4. The molecule has 5 nitrogen and oxygen atoms in total. The number of methoxy groups -OCH3 is 1. The maximum absolute atomic E-state index is 12.2. The Bertz CT molecular complexity index is 893. The van der Waals surface area contributed by atoms with Crippen molar-refractivity contribution in [2.75, 3.05) is 17.7 Å². The highest BCUT2D eigenvalue weighted by Gasteiger charge is 2.06. The van der Waals surface area contributed by atoms with Crippen LogP contribution in [0.15, 0.2) is 72.8 Å². The fourth-order valence-electron chi connectivity index (χ4n) is 2.56. The minimum Gasteiger partial charge on any atom is -0.497 e. The highest BCUT2D eigenvalue weighted by atomic mass is 16.5. The van der Waals surface area contributed by atoms with E-state index in [2.05, 4.69) is 10.6 Å². The smallest absolute Gasteiger partial charge is 0.323 e. The summed E-state index contributed by atoms with van der Waals surface area (Å²) in [4.78, 5) is 12.2. The molecule has 2 N–H and O–H groups in total. The van der Waals surface area contributed by atoms with Crippen LogP contribution in [0.5, 0.6) is 11.5 Å². The third-order valence-corrected chi connectivity index (χ3v) is 4.04. The molecule has 0 bridgehead atoms. The molecule has 27 heavy (non-hydrogen) atoms. The zero-order chi connectivity index (χ0) is 19.1. The van der Waals surface area contributed by atoms with Crippen molar-refractivity contribution in [1.29, 1.82) is 0 Å². The van der Waals surface area contributed by atoms with Crippen LogP contribution >= 0.6 is 0 Å². The molecule has 0 heterocycles. The lowest BCUT2D eigenvalue weighted by molar-refractivity contribution is 0.262. The molecule has 0 spiro atoms. The van der Waals surface area contributed by atoms with E-state index >= 15 is 0 Å². The van der Waals surface area contributed by atoms with Crippen LogP contribution in [0.3, 0.4) is 0 Å². The lowest BCUT2D eigenvalue weighted by atomic mass is 10.2. The van der Waals surface area contributed by atoms with E-state index in [1.54, 1.807) is 19.2 Å². The van der Waals surface area contributed by atoms with Crippen molar-refractivity contribution in [2.45, 2.75) is 13.5 Å². The van der Waals surface area contributed by atoms with Gasteiger partial charge in [-0.2, -0.15) is 0 Å². The van der Waals surface area contributed by atoms with Crippen LogP contribution in [0.4, 0.5) is 16.2 Å². The maximum atomic E-state index is 12.2. The summed E-state index contributed by atoms with van der Waals surface area (Å²) in [7, 11) is 1.61. The molecule has 3 aromatic carbocycles. The first-order valence-corrected chi connectivity index (χ1v) is 8.63. The van der Waals surface area contributed by atoms with Gasteiger partial charge in [0.15, 0.2) is 0 Å². The second-order valence-electron chi connectivity index (χ2n) is 6.06. The average molecular weight is 362 g/mol. The molecule has 0 aliphatic heterocycles. The lowest BCUT2D eigenvalue weighted by Crippen LogP contribution is -2.19. The van der Waals surface area contributed by atoms with Crippen LogP contribution in [0.1, 0.15) is 11.1 Å². The first kappa shape index (κ1) is 18.3. The van der Waals surface area contributed by atoms with Gasteiger partial charge in [-0.05, 0) is 60.5 Å². The van der Waals surface area contributed by atoms with Gasteiger partial charge >= 0.3 is 6.03 Å². The van der Waals surface area contributed by atoms with Crippen LogP contribution in [-0.4, -0.2) is 13.1 Å². The zero-order valence-corrected chi connectivity index (χ0v) is 15.4.